The molecule has 0 spiro atoms. The molecule has 0 bridgehead atoms. The Hall–Kier alpha value is -1.86. The molecule has 4 aliphatic carbocycles. The Kier molecular flexibility index (Phi) is 21.9. The molecule has 0 aromatic rings. The van der Waals surface area contributed by atoms with Gasteiger partial charge in [-0.3, -0.25) is 18.5 Å². The van der Waals surface area contributed by atoms with Gasteiger partial charge in [0.05, 0.1) is 50.8 Å². The molecule has 35 nitrogen and oxygen atoms in total. The van der Waals surface area contributed by atoms with Gasteiger partial charge in [0.1, 0.15) is 110 Å². The van der Waals surface area contributed by atoms with Gasteiger partial charge in [0.2, 0.25) is 0 Å². The Bertz CT molecular complexity index is 2960. The van der Waals surface area contributed by atoms with E-state index in [2.05, 4.69) is 15.3 Å². The molecule has 9 aliphatic rings. The predicted molar refractivity (Wildman–Crippen MR) is 294 cm³/mol. The van der Waals surface area contributed by atoms with Gasteiger partial charge in [0, 0.05) is 13.0 Å². The SMILES string of the molecule is CO[C@@H]1[C@@H](O)[C@@H](O[C@@H]2[C@@H](O)[C@H](O[C@H]3[C@H](O)[C@@H](O[C@@H]4OC[C@@H](O)[C@H](O)[C@H]4O)[C@H](O[C@H]4[C@H](O[C@H]5CC[C@]6(C)C7=C([C@@H](O)C[C@H]6C5(C)C)[C@]5(C)CC[C@H](C(C)=O)[C@@]5(C)C[C@@H]7O)OC[C@@H](OS(=O)(=O)O)[C@@H]4O)O[C@@H]3C)O[C@H](COS(=O)(=O)O)[C@H]2O)O[C@H](COS(=O)(=O)O)[C@H]1O. The van der Waals surface area contributed by atoms with Crippen LogP contribution >= 0.6 is 0 Å². The Morgan fingerprint density at radius 1 is 0.549 bits per heavy atom. The number of Topliss-reactive ketones (excluding diaryl/α,β-unsaturated/α-hetero) is 1. The fourth-order valence-electron chi connectivity index (χ4n) is 16.0. The van der Waals surface area contributed by atoms with Crippen LogP contribution in [-0.4, -0.2) is 294 Å². The van der Waals surface area contributed by atoms with Gasteiger partial charge in [-0.25, -0.2) is 12.5 Å². The third-order valence-corrected chi connectivity index (χ3v) is 22.1. The minimum atomic E-state index is -5.35. The van der Waals surface area contributed by atoms with Crippen LogP contribution in [0.1, 0.15) is 87.0 Å². The zero-order chi connectivity index (χ0) is 67.4. The highest BCUT2D eigenvalue weighted by Crippen LogP contribution is 2.72. The first-order valence-corrected chi connectivity index (χ1v) is 33.8. The van der Waals surface area contributed by atoms with E-state index in [1.807, 2.05) is 27.7 Å². The minimum absolute atomic E-state index is 0.0108. The first-order chi connectivity index (χ1) is 42.1. The first-order valence-electron chi connectivity index (χ1n) is 29.7. The average Bonchev–Trinajstić information content (AvgIpc) is 1.67. The molecule has 38 heteroatoms. The number of hydrogen-bond acceptors (Lipinski definition) is 32. The van der Waals surface area contributed by atoms with Gasteiger partial charge in [0.25, 0.3) is 0 Å². The molecule has 14 N–H and O–H groups in total. The molecule has 5 aliphatic heterocycles. The highest BCUT2D eigenvalue weighted by atomic mass is 32.3. The lowest BCUT2D eigenvalue weighted by atomic mass is 9.42. The van der Waals surface area contributed by atoms with Crippen LogP contribution in [-0.2, 0) is 101 Å². The number of methoxy groups -OCH3 is 1. The fraction of sp³-hybridized carbons (Fsp3) is 0.943. The quantitative estimate of drug-likeness (QED) is 0.0402. The zero-order valence-corrected chi connectivity index (χ0v) is 53.2. The fourth-order valence-corrected chi connectivity index (χ4v) is 17.1. The van der Waals surface area contributed by atoms with Crippen LogP contribution in [0.5, 0.6) is 0 Å². The summed E-state index contributed by atoms with van der Waals surface area (Å²) < 4.78 is 178. The molecular formula is C53H86O35S3. The molecular weight excluding hydrogens is 1290 g/mol. The van der Waals surface area contributed by atoms with Gasteiger partial charge in [0.15, 0.2) is 31.5 Å². The second kappa shape index (κ2) is 27.1. The minimum Gasteiger partial charge on any atom is -0.389 e. The van der Waals surface area contributed by atoms with E-state index in [1.165, 1.54) is 6.92 Å². The lowest BCUT2D eigenvalue weighted by Crippen LogP contribution is -2.68. The summed E-state index contributed by atoms with van der Waals surface area (Å²) in [5.41, 5.74) is -1.50. The van der Waals surface area contributed by atoms with E-state index in [-0.39, 0.29) is 31.0 Å². The van der Waals surface area contributed by atoms with E-state index in [9.17, 15) is 99.9 Å². The number of ether oxygens (including phenoxy) is 11. The molecule has 9 rings (SSSR count). The molecule has 31 atom stereocenters. The van der Waals surface area contributed by atoms with E-state index < -0.39 is 245 Å². The molecule has 0 unspecified atom stereocenters. The van der Waals surface area contributed by atoms with Crippen molar-refractivity contribution in [1.29, 1.82) is 0 Å². The Balaban J connectivity index is 1.01. The average molecular weight is 1380 g/mol. The van der Waals surface area contributed by atoms with Crippen LogP contribution in [0.15, 0.2) is 11.1 Å². The number of ketones is 1. The summed E-state index contributed by atoms with van der Waals surface area (Å²) in [7, 11) is -14.9. The third kappa shape index (κ3) is 14.4. The Morgan fingerprint density at radius 3 is 1.66 bits per heavy atom. The lowest BCUT2D eigenvalue weighted by molar-refractivity contribution is -0.403. The van der Waals surface area contributed by atoms with Gasteiger partial charge < -0.3 is 108 Å². The molecule has 91 heavy (non-hydrogen) atoms. The van der Waals surface area contributed by atoms with Crippen LogP contribution in [0.25, 0.3) is 0 Å². The van der Waals surface area contributed by atoms with E-state index >= 15 is 0 Å². The third-order valence-electron chi connectivity index (χ3n) is 20.8. The van der Waals surface area contributed by atoms with Crippen LogP contribution < -0.4 is 0 Å². The summed E-state index contributed by atoms with van der Waals surface area (Å²) in [6.07, 6.45) is -46.9. The van der Waals surface area contributed by atoms with Gasteiger partial charge in [-0.05, 0) is 91.1 Å². The smallest absolute Gasteiger partial charge is 0.389 e. The standard InChI is InChI=1S/C53H86O35S3/c1-19(54)21-9-12-52(6)31-22(55)13-28-50(3,4)29(10-11-51(28,5)30(31)23(56)14-53(21,52)7)83-48-43(35(61)27(16-77-48)88-91(72,73)74)87-49-44(86-45-36(62)32(58)24(57)15-76-45)37(63)40(20(2)80-49)84-47-39(65)42(34(60)26(82-47)18-79-90(69,70)71)85-46-38(64)41(75-8)33(59)25(81-46)17-78-89(66,67)68/h20-29,32-49,55-65H,9-18H2,1-8H3,(H,66,67,68)(H,69,70,71)(H,72,73,74)/t20-,21-,22+,23+,24-,25-,26-,27-,28+,29+,32+,33-,34-,35+,36-,37+,38-,39-,40-,41+,42+,43-,44-,45+,46-,47+,48+,49+,51+,52+,53-/m1/s1. The maximum atomic E-state index is 13.0. The summed E-state index contributed by atoms with van der Waals surface area (Å²) >= 11 is 0. The van der Waals surface area contributed by atoms with Crippen molar-refractivity contribution in [3.63, 3.8) is 0 Å². The molecule has 5 heterocycles. The van der Waals surface area contributed by atoms with Crippen molar-refractivity contribution in [2.75, 3.05) is 33.5 Å². The summed E-state index contributed by atoms with van der Waals surface area (Å²) in [6, 6.07) is 0. The van der Waals surface area contributed by atoms with Crippen molar-refractivity contribution in [2.24, 2.45) is 33.5 Å². The molecule has 0 amide bonds. The maximum absolute atomic E-state index is 13.0. The topological polar surface area (TPSA) is 532 Å². The van der Waals surface area contributed by atoms with Crippen molar-refractivity contribution in [2.45, 2.75) is 247 Å². The molecule has 526 valence electrons. The van der Waals surface area contributed by atoms with Crippen LogP contribution in [0.2, 0.25) is 0 Å². The van der Waals surface area contributed by atoms with Crippen molar-refractivity contribution < 1.29 is 165 Å². The van der Waals surface area contributed by atoms with E-state index in [0.717, 1.165) is 12.7 Å². The van der Waals surface area contributed by atoms with Crippen LogP contribution in [0.3, 0.4) is 0 Å². The van der Waals surface area contributed by atoms with E-state index in [4.69, 9.17) is 56.3 Å². The Morgan fingerprint density at radius 2 is 1.09 bits per heavy atom. The number of carbonyl (C=O) groups is 1. The number of rotatable bonds is 20. The summed E-state index contributed by atoms with van der Waals surface area (Å²) in [5.74, 6) is -0.745. The van der Waals surface area contributed by atoms with Gasteiger partial charge in [-0.2, -0.15) is 25.3 Å². The predicted octanol–water partition coefficient (Wildman–Crippen LogP) is -4.81. The second-order valence-electron chi connectivity index (χ2n) is 26.5. The van der Waals surface area contributed by atoms with E-state index in [1.54, 1.807) is 6.92 Å². The summed E-state index contributed by atoms with van der Waals surface area (Å²) in [5, 5.41) is 127. The largest absolute Gasteiger partial charge is 0.397 e. The van der Waals surface area contributed by atoms with Crippen molar-refractivity contribution in [1.82, 2.24) is 0 Å². The number of hydrogen-bond donors (Lipinski definition) is 14. The monoisotopic (exact) mass is 1380 g/mol. The summed E-state index contributed by atoms with van der Waals surface area (Å²) in [4.78, 5) is 13.0. The van der Waals surface area contributed by atoms with E-state index in [0.29, 0.717) is 24.8 Å². The molecule has 2 saturated carbocycles. The Labute approximate surface area is 524 Å². The highest BCUT2D eigenvalue weighted by Gasteiger charge is 2.68. The van der Waals surface area contributed by atoms with Crippen LogP contribution in [0.4, 0.5) is 0 Å². The normalized spacial score (nSPS) is 48.9. The van der Waals surface area contributed by atoms with Crippen LogP contribution in [0, 0.1) is 33.5 Å². The molecule has 5 saturated heterocycles. The van der Waals surface area contributed by atoms with Crippen molar-refractivity contribution in [3.05, 3.63) is 11.1 Å². The molecule has 0 radical (unpaired) electrons. The van der Waals surface area contributed by atoms with Crippen molar-refractivity contribution in [3.8, 4) is 0 Å². The van der Waals surface area contributed by atoms with Gasteiger partial charge >= 0.3 is 31.2 Å². The number of aliphatic hydroxyl groups excluding tert-OH is 11. The number of aliphatic hydroxyl groups is 11. The molecule has 0 aromatic carbocycles. The highest BCUT2D eigenvalue weighted by molar-refractivity contribution is 7.81. The number of fused-ring (bicyclic) bond motifs is 4. The first kappa shape index (κ1) is 73.4. The van der Waals surface area contributed by atoms with Gasteiger partial charge in [-0.15, -0.1) is 0 Å². The zero-order valence-electron chi connectivity index (χ0n) is 50.8. The number of carbonyl (C=O) groups excluding carboxylic acids is 1. The second-order valence-corrected chi connectivity index (χ2v) is 29.7. The summed E-state index contributed by atoms with van der Waals surface area (Å²) in [6.45, 7) is 8.78. The van der Waals surface area contributed by atoms with Gasteiger partial charge in [-0.1, -0.05) is 34.6 Å². The van der Waals surface area contributed by atoms with Crippen molar-refractivity contribution >= 4 is 37.0 Å². The lowest BCUT2D eigenvalue weighted by Gasteiger charge is -2.64. The molecule has 0 aromatic heterocycles. The molecule has 7 fully saturated rings. The maximum Gasteiger partial charge on any atom is 0.397 e.